The highest BCUT2D eigenvalue weighted by Crippen LogP contribution is 2.06. The number of carbonyl (C=O) groups is 1. The summed E-state index contributed by atoms with van der Waals surface area (Å²) in [6.07, 6.45) is 1.60. The fourth-order valence-electron chi connectivity index (χ4n) is 2.01. The van der Waals surface area contributed by atoms with Crippen LogP contribution in [0, 0.1) is 5.82 Å². The van der Waals surface area contributed by atoms with E-state index in [9.17, 15) is 14.0 Å². The van der Waals surface area contributed by atoms with E-state index in [1.54, 1.807) is 24.4 Å². The highest BCUT2D eigenvalue weighted by atomic mass is 19.1. The molecule has 6 nitrogen and oxygen atoms in total. The van der Waals surface area contributed by atoms with Gasteiger partial charge in [-0.3, -0.25) is 4.79 Å². The number of aliphatic hydroxyl groups is 1. The van der Waals surface area contributed by atoms with Crippen molar-refractivity contribution in [3.05, 3.63) is 64.3 Å². The van der Waals surface area contributed by atoms with Crippen molar-refractivity contribution < 1.29 is 14.3 Å². The Kier molecular flexibility index (Phi) is 5.48. The van der Waals surface area contributed by atoms with Crippen molar-refractivity contribution in [2.75, 3.05) is 25.5 Å². The number of nitrogens with one attached hydrogen (secondary N) is 1. The Morgan fingerprint density at radius 3 is 2.65 bits per heavy atom. The number of carbonyl (C=O) groups excluding carboxylic acids is 1. The van der Waals surface area contributed by atoms with Gasteiger partial charge in [0, 0.05) is 19.8 Å². The van der Waals surface area contributed by atoms with Crippen LogP contribution < -0.4 is 10.9 Å². The third-order valence-electron chi connectivity index (χ3n) is 3.31. The molecule has 0 saturated heterocycles. The number of halogens is 1. The molecule has 2 rings (SSSR count). The second kappa shape index (κ2) is 7.55. The van der Waals surface area contributed by atoms with E-state index in [-0.39, 0.29) is 36.8 Å². The minimum atomic E-state index is -0.476. The van der Waals surface area contributed by atoms with E-state index < -0.39 is 6.03 Å². The first-order valence-electron chi connectivity index (χ1n) is 7.08. The number of likely N-dealkylation sites (N-methyl/N-ethyl adjacent to an activating group) is 1. The smallest absolute Gasteiger partial charge is 0.321 e. The molecular weight excluding hydrogens is 301 g/mol. The van der Waals surface area contributed by atoms with Gasteiger partial charge in [-0.25, -0.2) is 9.18 Å². The SMILES string of the molecule is CN(CCO)C(=O)Nc1cccn(Cc2ccc(F)cc2)c1=O. The van der Waals surface area contributed by atoms with Gasteiger partial charge in [0.2, 0.25) is 0 Å². The van der Waals surface area contributed by atoms with Crippen molar-refractivity contribution in [3.8, 4) is 0 Å². The molecule has 2 aromatic rings. The summed E-state index contributed by atoms with van der Waals surface area (Å²) in [6, 6.07) is 8.53. The largest absolute Gasteiger partial charge is 0.395 e. The van der Waals surface area contributed by atoms with Crippen molar-refractivity contribution in [3.63, 3.8) is 0 Å². The molecule has 1 aromatic carbocycles. The average molecular weight is 319 g/mol. The van der Waals surface area contributed by atoms with Gasteiger partial charge in [-0.2, -0.15) is 0 Å². The third kappa shape index (κ3) is 4.40. The zero-order valence-electron chi connectivity index (χ0n) is 12.7. The van der Waals surface area contributed by atoms with E-state index in [4.69, 9.17) is 5.11 Å². The number of aliphatic hydroxyl groups excluding tert-OH is 1. The molecule has 0 radical (unpaired) electrons. The van der Waals surface area contributed by atoms with Gasteiger partial charge in [-0.05, 0) is 29.8 Å². The fourth-order valence-corrected chi connectivity index (χ4v) is 2.01. The summed E-state index contributed by atoms with van der Waals surface area (Å²) >= 11 is 0. The van der Waals surface area contributed by atoms with Gasteiger partial charge >= 0.3 is 6.03 Å². The lowest BCUT2D eigenvalue weighted by Crippen LogP contribution is -2.36. The van der Waals surface area contributed by atoms with Crippen molar-refractivity contribution >= 4 is 11.7 Å². The maximum atomic E-state index is 12.9. The fraction of sp³-hybridized carbons (Fsp3) is 0.250. The molecular formula is C16H18FN3O3. The van der Waals surface area contributed by atoms with E-state index in [0.717, 1.165) is 5.56 Å². The monoisotopic (exact) mass is 319 g/mol. The Balaban J connectivity index is 2.16. The van der Waals surface area contributed by atoms with Gasteiger partial charge < -0.3 is 19.9 Å². The Morgan fingerprint density at radius 1 is 1.30 bits per heavy atom. The summed E-state index contributed by atoms with van der Waals surface area (Å²) in [7, 11) is 1.52. The number of urea groups is 1. The lowest BCUT2D eigenvalue weighted by molar-refractivity contribution is 0.202. The number of benzene rings is 1. The molecule has 23 heavy (non-hydrogen) atoms. The predicted molar refractivity (Wildman–Crippen MR) is 84.9 cm³/mol. The molecule has 2 N–H and O–H groups in total. The summed E-state index contributed by atoms with van der Waals surface area (Å²) in [5.74, 6) is -0.339. The first-order chi connectivity index (χ1) is 11.0. The quantitative estimate of drug-likeness (QED) is 0.877. The van der Waals surface area contributed by atoms with Crippen LogP contribution in [0.25, 0.3) is 0 Å². The zero-order chi connectivity index (χ0) is 16.8. The van der Waals surface area contributed by atoms with Crippen LogP contribution in [0.15, 0.2) is 47.4 Å². The van der Waals surface area contributed by atoms with Crippen molar-refractivity contribution in [1.82, 2.24) is 9.47 Å². The highest BCUT2D eigenvalue weighted by Gasteiger charge is 2.11. The summed E-state index contributed by atoms with van der Waals surface area (Å²) in [6.45, 7) is 0.283. The first-order valence-corrected chi connectivity index (χ1v) is 7.08. The molecule has 2 amide bonds. The molecule has 0 atom stereocenters. The molecule has 122 valence electrons. The van der Waals surface area contributed by atoms with Gasteiger partial charge in [0.25, 0.3) is 5.56 Å². The number of hydrogen-bond donors (Lipinski definition) is 2. The van der Waals surface area contributed by atoms with Crippen LogP contribution in [0.1, 0.15) is 5.56 Å². The molecule has 0 bridgehead atoms. The minimum Gasteiger partial charge on any atom is -0.395 e. The molecule has 0 fully saturated rings. The highest BCUT2D eigenvalue weighted by molar-refractivity contribution is 5.88. The molecule has 1 aromatic heterocycles. The van der Waals surface area contributed by atoms with Gasteiger partial charge in [0.15, 0.2) is 0 Å². The minimum absolute atomic E-state index is 0.143. The number of hydrogen-bond acceptors (Lipinski definition) is 3. The number of aromatic nitrogens is 1. The molecule has 0 spiro atoms. The van der Waals surface area contributed by atoms with Crippen LogP contribution in [0.3, 0.4) is 0 Å². The molecule has 0 aliphatic heterocycles. The van der Waals surface area contributed by atoms with Gasteiger partial charge in [-0.1, -0.05) is 12.1 Å². The molecule has 1 heterocycles. The number of pyridine rings is 1. The predicted octanol–water partition coefficient (Wildman–Crippen LogP) is 1.49. The topological polar surface area (TPSA) is 74.6 Å². The summed E-state index contributed by atoms with van der Waals surface area (Å²) in [5.41, 5.74) is 0.557. The van der Waals surface area contributed by atoms with Crippen molar-refractivity contribution in [2.45, 2.75) is 6.54 Å². The third-order valence-corrected chi connectivity index (χ3v) is 3.31. The molecule has 7 heteroatoms. The molecule has 0 saturated carbocycles. The Morgan fingerprint density at radius 2 is 2.00 bits per heavy atom. The van der Waals surface area contributed by atoms with Crippen LogP contribution in [0.2, 0.25) is 0 Å². The van der Waals surface area contributed by atoms with Gasteiger partial charge in [0.1, 0.15) is 11.5 Å². The first kappa shape index (κ1) is 16.7. The van der Waals surface area contributed by atoms with Crippen LogP contribution in [-0.4, -0.2) is 40.8 Å². The Labute approximate surface area is 132 Å². The van der Waals surface area contributed by atoms with Crippen molar-refractivity contribution in [1.29, 1.82) is 0 Å². The summed E-state index contributed by atoms with van der Waals surface area (Å²) < 4.78 is 14.3. The van der Waals surface area contributed by atoms with Crippen LogP contribution >= 0.6 is 0 Å². The number of anilines is 1. The average Bonchev–Trinajstić information content (AvgIpc) is 2.53. The van der Waals surface area contributed by atoms with E-state index in [1.165, 1.54) is 34.7 Å². The maximum absolute atomic E-state index is 12.9. The lowest BCUT2D eigenvalue weighted by atomic mass is 10.2. The lowest BCUT2D eigenvalue weighted by Gasteiger charge is -2.16. The van der Waals surface area contributed by atoms with Gasteiger partial charge in [0.05, 0.1) is 13.2 Å². The van der Waals surface area contributed by atoms with Crippen LogP contribution in [-0.2, 0) is 6.54 Å². The van der Waals surface area contributed by atoms with E-state index in [2.05, 4.69) is 5.32 Å². The summed E-state index contributed by atoms with van der Waals surface area (Å²) in [5, 5.41) is 11.3. The Bertz CT molecular complexity index is 728. The molecule has 0 aliphatic carbocycles. The van der Waals surface area contributed by atoms with Crippen LogP contribution in [0.4, 0.5) is 14.9 Å². The Hall–Kier alpha value is -2.67. The maximum Gasteiger partial charge on any atom is 0.321 e. The van der Waals surface area contributed by atoms with E-state index >= 15 is 0 Å². The molecule has 0 unspecified atom stereocenters. The zero-order valence-corrected chi connectivity index (χ0v) is 12.7. The van der Waals surface area contributed by atoms with Gasteiger partial charge in [-0.15, -0.1) is 0 Å². The number of amides is 2. The van der Waals surface area contributed by atoms with Crippen molar-refractivity contribution in [2.24, 2.45) is 0 Å². The standard InChI is InChI=1S/C16H18FN3O3/c1-19(9-10-21)16(23)18-14-3-2-8-20(15(14)22)11-12-4-6-13(17)7-5-12/h2-8,21H,9-11H2,1H3,(H,18,23). The van der Waals surface area contributed by atoms with Crippen LogP contribution in [0.5, 0.6) is 0 Å². The van der Waals surface area contributed by atoms with E-state index in [0.29, 0.717) is 0 Å². The number of rotatable bonds is 5. The van der Waals surface area contributed by atoms with E-state index in [1.807, 2.05) is 0 Å². The number of nitrogens with zero attached hydrogens (tertiary/aromatic N) is 2. The molecule has 0 aliphatic rings. The second-order valence-electron chi connectivity index (χ2n) is 5.06. The summed E-state index contributed by atoms with van der Waals surface area (Å²) in [4.78, 5) is 25.5. The normalized spacial score (nSPS) is 10.4. The second-order valence-corrected chi connectivity index (χ2v) is 5.06.